The molecule has 2 heterocycles. The molecule has 152 valence electrons. The fraction of sp³-hybridized carbons (Fsp3) is 0.381. The first kappa shape index (κ1) is 19.6. The lowest BCUT2D eigenvalue weighted by molar-refractivity contribution is -0.116. The molecule has 1 aliphatic heterocycles. The molecule has 4 rings (SSSR count). The fourth-order valence-corrected chi connectivity index (χ4v) is 4.62. The second-order valence-corrected chi connectivity index (χ2v) is 8.15. The number of ether oxygens (including phenoxy) is 2. The summed E-state index contributed by atoms with van der Waals surface area (Å²) in [5, 5.41) is 3.84. The van der Waals surface area contributed by atoms with Crippen LogP contribution in [0, 0.1) is 0 Å². The second kappa shape index (κ2) is 7.94. The standard InChI is InChI=1S/C21H23N3O4S/c1-4-29-21-23-19-18(20(26)24-21)16(17-13(22-19)6-5-7-14(17)25)12-10-11(27-2)8-9-15(12)28-3/h8-10,16H,4-7H2,1-3H3,(H2,22,23,24,26). The van der Waals surface area contributed by atoms with Gasteiger partial charge in [-0.3, -0.25) is 9.59 Å². The Labute approximate surface area is 172 Å². The van der Waals surface area contributed by atoms with E-state index in [-0.39, 0.29) is 11.3 Å². The molecule has 0 saturated carbocycles. The average molecular weight is 413 g/mol. The smallest absolute Gasteiger partial charge is 0.257 e. The Balaban J connectivity index is 2.00. The largest absolute Gasteiger partial charge is 0.497 e. The maximum Gasteiger partial charge on any atom is 0.257 e. The van der Waals surface area contributed by atoms with Crippen LogP contribution in [0.4, 0.5) is 5.82 Å². The highest BCUT2D eigenvalue weighted by molar-refractivity contribution is 7.99. The summed E-state index contributed by atoms with van der Waals surface area (Å²) < 4.78 is 11.0. The number of rotatable bonds is 5. The van der Waals surface area contributed by atoms with E-state index >= 15 is 0 Å². The van der Waals surface area contributed by atoms with Crippen molar-refractivity contribution >= 4 is 23.4 Å². The number of carbonyl (C=O) groups excluding carboxylic acids is 1. The third-order valence-electron chi connectivity index (χ3n) is 5.27. The molecule has 29 heavy (non-hydrogen) atoms. The van der Waals surface area contributed by atoms with Crippen LogP contribution in [-0.4, -0.2) is 35.7 Å². The summed E-state index contributed by atoms with van der Waals surface area (Å²) in [5.41, 5.74) is 2.37. The summed E-state index contributed by atoms with van der Waals surface area (Å²) in [6.45, 7) is 2.00. The molecule has 2 N–H and O–H groups in total. The molecule has 0 radical (unpaired) electrons. The molecular weight excluding hydrogens is 390 g/mol. The molecule has 1 unspecified atom stereocenters. The van der Waals surface area contributed by atoms with Gasteiger partial charge in [0.05, 0.1) is 25.7 Å². The number of aromatic amines is 1. The van der Waals surface area contributed by atoms with Gasteiger partial charge in [-0.25, -0.2) is 4.98 Å². The maximum atomic E-state index is 13.1. The minimum atomic E-state index is -0.559. The quantitative estimate of drug-likeness (QED) is 0.573. The topological polar surface area (TPSA) is 93.3 Å². The van der Waals surface area contributed by atoms with Crippen LogP contribution in [0.1, 0.15) is 43.2 Å². The lowest BCUT2D eigenvalue weighted by atomic mass is 9.76. The number of thioether (sulfide) groups is 1. The molecule has 2 aromatic rings. The molecule has 8 heteroatoms. The zero-order valence-electron chi connectivity index (χ0n) is 16.6. The molecule has 2 aliphatic rings. The first-order valence-corrected chi connectivity index (χ1v) is 10.6. The lowest BCUT2D eigenvalue weighted by Gasteiger charge is -2.33. The van der Waals surface area contributed by atoms with Crippen molar-refractivity contribution in [3.05, 3.63) is 50.9 Å². The van der Waals surface area contributed by atoms with Crippen LogP contribution in [-0.2, 0) is 4.79 Å². The van der Waals surface area contributed by atoms with Crippen LogP contribution in [0.2, 0.25) is 0 Å². The van der Waals surface area contributed by atoms with Gasteiger partial charge in [0.2, 0.25) is 0 Å². The van der Waals surface area contributed by atoms with Crippen LogP contribution >= 0.6 is 11.8 Å². The minimum Gasteiger partial charge on any atom is -0.497 e. The van der Waals surface area contributed by atoms with Crippen molar-refractivity contribution < 1.29 is 14.3 Å². The Bertz CT molecular complexity index is 1060. The number of carbonyl (C=O) groups is 1. The van der Waals surface area contributed by atoms with Gasteiger partial charge in [0.25, 0.3) is 5.56 Å². The minimum absolute atomic E-state index is 0.0469. The van der Waals surface area contributed by atoms with Crippen molar-refractivity contribution in [3.8, 4) is 11.5 Å². The van der Waals surface area contributed by atoms with Crippen LogP contribution < -0.4 is 20.3 Å². The van der Waals surface area contributed by atoms with E-state index in [1.807, 2.05) is 13.0 Å². The molecule has 1 atom stereocenters. The predicted octanol–water partition coefficient (Wildman–Crippen LogP) is 3.46. The van der Waals surface area contributed by atoms with Crippen molar-refractivity contribution in [2.75, 3.05) is 25.3 Å². The van der Waals surface area contributed by atoms with Crippen molar-refractivity contribution in [1.82, 2.24) is 9.97 Å². The maximum absolute atomic E-state index is 13.1. The molecule has 1 aliphatic carbocycles. The van der Waals surface area contributed by atoms with Gasteiger partial charge in [-0.15, -0.1) is 0 Å². The molecule has 0 spiro atoms. The second-order valence-electron chi connectivity index (χ2n) is 6.90. The van der Waals surface area contributed by atoms with Gasteiger partial charge in [-0.1, -0.05) is 18.7 Å². The van der Waals surface area contributed by atoms with Gasteiger partial charge >= 0.3 is 0 Å². The zero-order valence-corrected chi connectivity index (χ0v) is 17.4. The Morgan fingerprint density at radius 2 is 2.03 bits per heavy atom. The monoisotopic (exact) mass is 413 g/mol. The molecule has 1 aromatic heterocycles. The van der Waals surface area contributed by atoms with Gasteiger partial charge in [0.15, 0.2) is 10.9 Å². The van der Waals surface area contributed by atoms with Crippen LogP contribution in [0.15, 0.2) is 39.4 Å². The summed E-state index contributed by atoms with van der Waals surface area (Å²) in [6.07, 6.45) is 1.99. The number of hydrogen-bond acceptors (Lipinski definition) is 7. The number of Topliss-reactive ketones (excluding diaryl/α,β-unsaturated/α-hetero) is 1. The number of H-pyrrole nitrogens is 1. The van der Waals surface area contributed by atoms with E-state index in [1.165, 1.54) is 11.8 Å². The zero-order chi connectivity index (χ0) is 20.5. The molecule has 0 bridgehead atoms. The SMILES string of the molecule is CCSc1nc2c(c(=O)[nH]1)C(c1cc(OC)ccc1OC)C1=C(CCCC1=O)N2. The average Bonchev–Trinajstić information content (AvgIpc) is 2.72. The third-order valence-corrected chi connectivity index (χ3v) is 6.02. The Kier molecular flexibility index (Phi) is 5.36. The normalized spacial score (nSPS) is 18.0. The van der Waals surface area contributed by atoms with Gasteiger partial charge in [0.1, 0.15) is 17.3 Å². The first-order valence-electron chi connectivity index (χ1n) is 9.59. The highest BCUT2D eigenvalue weighted by Gasteiger charge is 2.39. The van der Waals surface area contributed by atoms with Gasteiger partial charge in [-0.05, 0) is 36.8 Å². The van der Waals surface area contributed by atoms with E-state index in [0.29, 0.717) is 40.0 Å². The number of ketones is 1. The Morgan fingerprint density at radius 1 is 1.21 bits per heavy atom. The van der Waals surface area contributed by atoms with Crippen molar-refractivity contribution in [2.45, 2.75) is 37.3 Å². The molecule has 0 amide bonds. The van der Waals surface area contributed by atoms with Gasteiger partial charge in [0, 0.05) is 23.3 Å². The van der Waals surface area contributed by atoms with Crippen LogP contribution in [0.25, 0.3) is 0 Å². The van der Waals surface area contributed by atoms with Crippen molar-refractivity contribution in [1.29, 1.82) is 0 Å². The van der Waals surface area contributed by atoms with E-state index in [2.05, 4.69) is 15.3 Å². The summed E-state index contributed by atoms with van der Waals surface area (Å²) in [6, 6.07) is 5.43. The predicted molar refractivity (Wildman–Crippen MR) is 112 cm³/mol. The third kappa shape index (κ3) is 3.42. The van der Waals surface area contributed by atoms with Crippen molar-refractivity contribution in [2.24, 2.45) is 0 Å². The number of fused-ring (bicyclic) bond motifs is 1. The van der Waals surface area contributed by atoms with E-state index in [9.17, 15) is 9.59 Å². The lowest BCUT2D eigenvalue weighted by Crippen LogP contribution is -2.33. The molecule has 7 nitrogen and oxygen atoms in total. The number of aromatic nitrogens is 2. The number of hydrogen-bond donors (Lipinski definition) is 2. The number of nitrogens with zero attached hydrogens (tertiary/aromatic N) is 1. The number of benzene rings is 1. The molecule has 1 aromatic carbocycles. The fourth-order valence-electron chi connectivity index (χ4n) is 4.02. The summed E-state index contributed by atoms with van der Waals surface area (Å²) >= 11 is 1.47. The summed E-state index contributed by atoms with van der Waals surface area (Å²) in [7, 11) is 3.16. The van der Waals surface area contributed by atoms with Crippen LogP contribution in [0.5, 0.6) is 11.5 Å². The van der Waals surface area contributed by atoms with E-state index in [4.69, 9.17) is 9.47 Å². The number of nitrogens with one attached hydrogen (secondary N) is 2. The van der Waals surface area contributed by atoms with Gasteiger partial charge in [-0.2, -0.15) is 0 Å². The van der Waals surface area contributed by atoms with E-state index in [0.717, 1.165) is 29.9 Å². The summed E-state index contributed by atoms with van der Waals surface area (Å²) in [5.74, 6) is 2.02. The van der Waals surface area contributed by atoms with Crippen molar-refractivity contribution in [3.63, 3.8) is 0 Å². The van der Waals surface area contributed by atoms with Gasteiger partial charge < -0.3 is 19.8 Å². The highest BCUT2D eigenvalue weighted by atomic mass is 32.2. The van der Waals surface area contributed by atoms with Crippen LogP contribution in [0.3, 0.4) is 0 Å². The van der Waals surface area contributed by atoms with E-state index < -0.39 is 5.92 Å². The Hall–Kier alpha value is -2.74. The highest BCUT2D eigenvalue weighted by Crippen LogP contribution is 2.46. The number of allylic oxidation sites excluding steroid dienone is 2. The number of methoxy groups -OCH3 is 2. The Morgan fingerprint density at radius 3 is 2.76 bits per heavy atom. The summed E-state index contributed by atoms with van der Waals surface area (Å²) in [4.78, 5) is 33.6. The number of anilines is 1. The first-order chi connectivity index (χ1) is 14.1. The van der Waals surface area contributed by atoms with E-state index in [1.54, 1.807) is 26.4 Å². The molecular formula is C21H23N3O4S. The molecule has 0 saturated heterocycles. The molecule has 0 fully saturated rings.